The number of nitrogens with zero attached hydrogens (tertiary/aromatic N) is 4. The number of carbonyl (C=O) groups excluding carboxylic acids is 2. The van der Waals surface area contributed by atoms with Gasteiger partial charge in [-0.1, -0.05) is 0 Å². The minimum absolute atomic E-state index is 0.0418. The molecule has 0 unspecified atom stereocenters. The van der Waals surface area contributed by atoms with Crippen molar-refractivity contribution in [1.29, 1.82) is 0 Å². The molecular weight excluding hydrogens is 394 g/mol. The van der Waals surface area contributed by atoms with E-state index in [4.69, 9.17) is 4.74 Å². The predicted molar refractivity (Wildman–Crippen MR) is 115 cm³/mol. The summed E-state index contributed by atoms with van der Waals surface area (Å²) in [5.41, 5.74) is 4.37. The first-order valence-corrected chi connectivity index (χ1v) is 10.9. The number of hydrogen-bond donors (Lipinski definition) is 1. The fourth-order valence-electron chi connectivity index (χ4n) is 3.94. The van der Waals surface area contributed by atoms with Gasteiger partial charge in [0.15, 0.2) is 5.82 Å². The van der Waals surface area contributed by atoms with Gasteiger partial charge in [0.1, 0.15) is 5.65 Å². The van der Waals surface area contributed by atoms with Crippen LogP contribution in [-0.2, 0) is 16.0 Å². The molecule has 3 aromatic rings. The highest BCUT2D eigenvalue weighted by Crippen LogP contribution is 2.33. The number of pyridine rings is 2. The van der Waals surface area contributed by atoms with E-state index in [2.05, 4.69) is 15.3 Å². The SMILES string of the molecule is O=C(Nc1cn2cc(-c3cnc4c(c3)N(C(=O)OCC3CC3)CC4)ccc2n1)C1CC1. The molecule has 0 bridgehead atoms. The molecule has 0 saturated heterocycles. The topological polar surface area (TPSA) is 88.8 Å². The Bertz CT molecular complexity index is 1200. The third kappa shape index (κ3) is 3.62. The normalized spacial score (nSPS) is 17.6. The Kier molecular flexibility index (Phi) is 4.19. The van der Waals surface area contributed by atoms with Gasteiger partial charge in [-0.05, 0) is 49.8 Å². The summed E-state index contributed by atoms with van der Waals surface area (Å²) >= 11 is 0. The van der Waals surface area contributed by atoms with E-state index >= 15 is 0 Å². The van der Waals surface area contributed by atoms with Gasteiger partial charge in [-0.25, -0.2) is 9.78 Å². The molecule has 2 saturated carbocycles. The summed E-state index contributed by atoms with van der Waals surface area (Å²) in [6, 6.07) is 5.89. The summed E-state index contributed by atoms with van der Waals surface area (Å²) in [5.74, 6) is 1.28. The molecule has 4 heterocycles. The molecule has 2 fully saturated rings. The summed E-state index contributed by atoms with van der Waals surface area (Å²) in [5, 5.41) is 2.89. The molecule has 31 heavy (non-hydrogen) atoms. The van der Waals surface area contributed by atoms with Crippen molar-refractivity contribution in [3.05, 3.63) is 42.5 Å². The number of anilines is 2. The molecule has 1 aliphatic heterocycles. The molecule has 0 atom stereocenters. The lowest BCUT2D eigenvalue weighted by Crippen LogP contribution is -2.30. The number of carbonyl (C=O) groups is 2. The third-order valence-corrected chi connectivity index (χ3v) is 6.15. The average molecular weight is 417 g/mol. The Morgan fingerprint density at radius 3 is 2.81 bits per heavy atom. The average Bonchev–Trinajstić information content (AvgIpc) is 3.70. The van der Waals surface area contributed by atoms with Gasteiger partial charge in [-0.3, -0.25) is 14.7 Å². The second-order valence-electron chi connectivity index (χ2n) is 8.68. The van der Waals surface area contributed by atoms with Crippen molar-refractivity contribution in [2.75, 3.05) is 23.4 Å². The molecule has 0 aromatic carbocycles. The monoisotopic (exact) mass is 417 g/mol. The smallest absolute Gasteiger partial charge is 0.414 e. The number of hydrogen-bond acceptors (Lipinski definition) is 5. The molecule has 0 radical (unpaired) electrons. The molecule has 1 N–H and O–H groups in total. The first-order chi connectivity index (χ1) is 15.1. The van der Waals surface area contributed by atoms with Crippen molar-refractivity contribution in [2.24, 2.45) is 11.8 Å². The standard InChI is InChI=1S/C23H23N5O3/c29-22(15-3-4-15)26-20-12-27-11-16(5-6-21(27)25-20)17-9-19-18(24-10-17)7-8-28(19)23(30)31-13-14-1-2-14/h5-6,9-12,14-15H,1-4,7-8,13H2,(H,26,29). The minimum Gasteiger partial charge on any atom is -0.449 e. The Labute approximate surface area is 179 Å². The van der Waals surface area contributed by atoms with Gasteiger partial charge in [0.2, 0.25) is 5.91 Å². The zero-order valence-electron chi connectivity index (χ0n) is 17.1. The molecule has 6 rings (SSSR count). The van der Waals surface area contributed by atoms with Crippen molar-refractivity contribution >= 4 is 29.2 Å². The van der Waals surface area contributed by atoms with Crippen LogP contribution in [0.4, 0.5) is 16.3 Å². The molecule has 3 aliphatic rings. The van der Waals surface area contributed by atoms with E-state index in [1.165, 1.54) is 0 Å². The highest BCUT2D eigenvalue weighted by atomic mass is 16.6. The molecule has 0 spiro atoms. The number of aromatic nitrogens is 3. The Morgan fingerprint density at radius 1 is 1.13 bits per heavy atom. The van der Waals surface area contributed by atoms with Crippen LogP contribution in [0.3, 0.4) is 0 Å². The first kappa shape index (κ1) is 18.4. The molecule has 8 nitrogen and oxygen atoms in total. The largest absolute Gasteiger partial charge is 0.449 e. The van der Waals surface area contributed by atoms with Crippen LogP contribution < -0.4 is 10.2 Å². The lowest BCUT2D eigenvalue weighted by Gasteiger charge is -2.17. The molecule has 2 amide bonds. The number of fused-ring (bicyclic) bond motifs is 2. The molecule has 158 valence electrons. The summed E-state index contributed by atoms with van der Waals surface area (Å²) in [6.07, 6.45) is 10.3. The van der Waals surface area contributed by atoms with Gasteiger partial charge in [0, 0.05) is 42.4 Å². The molecule has 8 heteroatoms. The zero-order chi connectivity index (χ0) is 20.9. The van der Waals surface area contributed by atoms with Crippen molar-refractivity contribution in [3.63, 3.8) is 0 Å². The van der Waals surface area contributed by atoms with E-state index in [1.807, 2.05) is 41.2 Å². The van der Waals surface area contributed by atoms with Crippen LogP contribution >= 0.6 is 0 Å². The number of nitrogens with one attached hydrogen (secondary N) is 1. The fraction of sp³-hybridized carbons (Fsp3) is 0.391. The summed E-state index contributed by atoms with van der Waals surface area (Å²) in [4.78, 5) is 35.3. The first-order valence-electron chi connectivity index (χ1n) is 10.9. The number of ether oxygens (including phenoxy) is 1. The van der Waals surface area contributed by atoms with Crippen LogP contribution in [0, 0.1) is 11.8 Å². The Morgan fingerprint density at radius 2 is 2.00 bits per heavy atom. The van der Waals surface area contributed by atoms with E-state index in [1.54, 1.807) is 4.90 Å². The second kappa shape index (κ2) is 7.08. The number of rotatable bonds is 5. The van der Waals surface area contributed by atoms with E-state index < -0.39 is 0 Å². The predicted octanol–water partition coefficient (Wildman–Crippen LogP) is 3.65. The van der Waals surface area contributed by atoms with E-state index in [9.17, 15) is 9.59 Å². The van der Waals surface area contributed by atoms with Crippen molar-refractivity contribution in [3.8, 4) is 11.1 Å². The van der Waals surface area contributed by atoms with Crippen molar-refractivity contribution < 1.29 is 14.3 Å². The number of imidazole rings is 1. The molecule has 3 aromatic heterocycles. The van der Waals surface area contributed by atoms with Gasteiger partial charge in [0.25, 0.3) is 0 Å². The van der Waals surface area contributed by atoms with Gasteiger partial charge in [0.05, 0.1) is 24.2 Å². The van der Waals surface area contributed by atoms with E-state index in [0.29, 0.717) is 24.9 Å². The quantitative estimate of drug-likeness (QED) is 0.684. The third-order valence-electron chi connectivity index (χ3n) is 6.15. The maximum atomic E-state index is 12.5. The number of amides is 2. The second-order valence-corrected chi connectivity index (χ2v) is 8.68. The zero-order valence-corrected chi connectivity index (χ0v) is 17.1. The maximum Gasteiger partial charge on any atom is 0.414 e. The van der Waals surface area contributed by atoms with Crippen LogP contribution in [-0.4, -0.2) is 39.5 Å². The summed E-state index contributed by atoms with van der Waals surface area (Å²) in [6.45, 7) is 1.11. The van der Waals surface area contributed by atoms with Crippen LogP contribution in [0.1, 0.15) is 31.4 Å². The lowest BCUT2D eigenvalue weighted by molar-refractivity contribution is -0.117. The highest BCUT2D eigenvalue weighted by molar-refractivity contribution is 5.93. The summed E-state index contributed by atoms with van der Waals surface area (Å²) < 4.78 is 7.37. The van der Waals surface area contributed by atoms with Crippen LogP contribution in [0.2, 0.25) is 0 Å². The van der Waals surface area contributed by atoms with Gasteiger partial charge < -0.3 is 14.5 Å². The highest BCUT2D eigenvalue weighted by Gasteiger charge is 2.31. The van der Waals surface area contributed by atoms with Crippen molar-refractivity contribution in [1.82, 2.24) is 14.4 Å². The van der Waals surface area contributed by atoms with Crippen LogP contribution in [0.15, 0.2) is 36.8 Å². The Balaban J connectivity index is 1.25. The van der Waals surface area contributed by atoms with Crippen LogP contribution in [0.5, 0.6) is 0 Å². The van der Waals surface area contributed by atoms with E-state index in [0.717, 1.165) is 60.3 Å². The molecule has 2 aliphatic carbocycles. The van der Waals surface area contributed by atoms with Gasteiger partial charge in [-0.2, -0.15) is 0 Å². The van der Waals surface area contributed by atoms with Crippen molar-refractivity contribution in [2.45, 2.75) is 32.1 Å². The molecular formula is C23H23N5O3. The summed E-state index contributed by atoms with van der Waals surface area (Å²) in [7, 11) is 0. The minimum atomic E-state index is -0.286. The Hall–Kier alpha value is -3.42. The lowest BCUT2D eigenvalue weighted by atomic mass is 10.1. The van der Waals surface area contributed by atoms with Gasteiger partial charge in [-0.15, -0.1) is 0 Å². The van der Waals surface area contributed by atoms with Gasteiger partial charge >= 0.3 is 6.09 Å². The fourth-order valence-corrected chi connectivity index (χ4v) is 3.94. The van der Waals surface area contributed by atoms with E-state index in [-0.39, 0.29) is 17.9 Å². The van der Waals surface area contributed by atoms with Crippen LogP contribution in [0.25, 0.3) is 16.8 Å². The maximum absolute atomic E-state index is 12.5.